The van der Waals surface area contributed by atoms with Gasteiger partial charge in [-0.25, -0.2) is 0 Å². The van der Waals surface area contributed by atoms with Gasteiger partial charge in [-0.3, -0.25) is 0 Å². The van der Waals surface area contributed by atoms with E-state index in [0.717, 1.165) is 97.0 Å². The Bertz CT molecular complexity index is 2940. The van der Waals surface area contributed by atoms with Gasteiger partial charge in [0.05, 0.1) is 12.1 Å². The molecule has 0 unspecified atom stereocenters. The summed E-state index contributed by atoms with van der Waals surface area (Å²) in [5.41, 5.74) is 15.3. The number of aryl methyl sites for hydroxylation is 2. The zero-order chi connectivity index (χ0) is 102. The van der Waals surface area contributed by atoms with Crippen molar-refractivity contribution in [3.63, 3.8) is 0 Å². The van der Waals surface area contributed by atoms with Crippen molar-refractivity contribution in [2.75, 3.05) is 32.9 Å². The SMILES string of the molecule is CC(C)(C)[Si](C)(C)O.CC(C)[Si](Cl)(Cl)C(C)C.CCCCCC[Si](C)(Cl)Cl.CCO[Si](CCCN)(OCC)OCC.CC[Si](C)(Cl)Cl.CC[Si](Cl)(Cl)CC.CC[Si](O)(CC)Cc1ccccc1.C[Si](Cl)(Cl)CCCC#N.C[Si](Cl)(Cl)CC[Si](C)(Cl)Cl.C[Si](Cl)(Cl)c1ccccc1.Cc1ccc(CC[Si](C)(Cl)Cl)cc1.N#CCCC[Si](Cl)(Cl)Cl.NCCC[Si](O)(O)O. The lowest BCUT2D eigenvalue weighted by Gasteiger charge is -2.30. The van der Waals surface area contributed by atoms with Crippen LogP contribution in [0.5, 0.6) is 0 Å². The molecule has 3 aromatic rings. The predicted molar refractivity (Wildman–Crippen MR) is 615 cm³/mol. The summed E-state index contributed by atoms with van der Waals surface area (Å²) in [6.07, 6.45) is 10.1. The zero-order valence-corrected chi connectivity index (χ0v) is 110. The molecular weight excluding hydrogens is 2270 g/mol. The molecule has 0 aliphatic rings. The van der Waals surface area contributed by atoms with E-state index < -0.39 is 100 Å². The second-order valence-electron chi connectivity index (χ2n) is 33.0. The van der Waals surface area contributed by atoms with Crippen LogP contribution in [0.3, 0.4) is 0 Å². The van der Waals surface area contributed by atoms with E-state index in [1.165, 1.54) is 42.4 Å². The summed E-state index contributed by atoms with van der Waals surface area (Å²) in [6, 6.07) is 41.7. The first-order chi connectivity index (χ1) is 56.8. The number of unbranched alkanes of at least 4 members (excludes halogenated alkanes) is 5. The van der Waals surface area contributed by atoms with Gasteiger partial charge in [0.15, 0.2) is 16.6 Å². The molecule has 12 nitrogen and oxygen atoms in total. The predicted octanol–water partition coefficient (Wildman–Crippen LogP) is 34.1. The Hall–Kier alpha value is 5.37. The van der Waals surface area contributed by atoms with Gasteiger partial charge in [0.2, 0.25) is 40.2 Å². The molecule has 0 heterocycles. The summed E-state index contributed by atoms with van der Waals surface area (Å²) >= 11 is 122. The average molecular weight is 2430 g/mol. The van der Waals surface area contributed by atoms with Crippen LogP contribution in [0, 0.1) is 29.6 Å². The van der Waals surface area contributed by atoms with Gasteiger partial charge in [0, 0.05) is 44.8 Å². The average Bonchev–Trinajstić information content (AvgIpc) is 0.876. The van der Waals surface area contributed by atoms with Crippen molar-refractivity contribution in [3.05, 3.63) is 102 Å². The molecule has 750 valence electrons. The highest BCUT2D eigenvalue weighted by molar-refractivity contribution is 7.64. The molecule has 0 saturated heterocycles. The maximum absolute atomic E-state index is 10.2. The summed E-state index contributed by atoms with van der Waals surface area (Å²) in [4.78, 5) is 44.7. The highest BCUT2D eigenvalue weighted by Crippen LogP contribution is 2.39. The van der Waals surface area contributed by atoms with Crippen molar-refractivity contribution in [1.29, 1.82) is 10.5 Å². The molecule has 0 fully saturated rings. The first-order valence-electron chi connectivity index (χ1n) is 43.1. The quantitative estimate of drug-likeness (QED) is 0.0161. The van der Waals surface area contributed by atoms with Crippen LogP contribution in [0.15, 0.2) is 84.9 Å². The van der Waals surface area contributed by atoms with Gasteiger partial charge in [-0.05, 0) is 237 Å². The van der Waals surface area contributed by atoms with E-state index >= 15 is 0 Å². The number of nitriles is 2. The Morgan fingerprint density at radius 1 is 0.389 bits per heavy atom. The Morgan fingerprint density at radius 2 is 0.722 bits per heavy atom. The third-order valence-electron chi connectivity index (χ3n) is 17.6. The number of nitrogens with two attached hydrogens (primary N) is 2. The minimum Gasteiger partial charge on any atom is -0.432 e. The first kappa shape index (κ1) is 152. The lowest BCUT2D eigenvalue weighted by Crippen LogP contribution is -2.46. The number of hydrogen-bond acceptors (Lipinski definition) is 12. The fourth-order valence-corrected chi connectivity index (χ4v) is 30.0. The fourth-order valence-electron chi connectivity index (χ4n) is 8.05. The van der Waals surface area contributed by atoms with Crippen LogP contribution in [-0.2, 0) is 25.7 Å². The molecule has 0 aliphatic heterocycles. The van der Waals surface area contributed by atoms with Gasteiger partial charge in [-0.15, -0.1) is 233 Å². The lowest BCUT2D eigenvalue weighted by molar-refractivity contribution is 0.0709. The number of rotatable bonds is 39. The van der Waals surface area contributed by atoms with Crippen molar-refractivity contribution in [2.24, 2.45) is 11.5 Å². The van der Waals surface area contributed by atoms with E-state index in [9.17, 15) is 9.59 Å². The molecule has 0 aliphatic carbocycles. The minimum absolute atomic E-state index is 0.0451. The Morgan fingerprint density at radius 3 is 0.952 bits per heavy atom. The number of hydrogen-bond donors (Lipinski definition) is 7. The van der Waals surface area contributed by atoms with Crippen molar-refractivity contribution in [2.45, 2.75) is 348 Å². The Labute approximate surface area is 881 Å². The van der Waals surface area contributed by atoms with Gasteiger partial charge in [-0.2, -0.15) is 10.5 Å². The van der Waals surface area contributed by atoms with Gasteiger partial charge in [-0.1, -0.05) is 206 Å². The van der Waals surface area contributed by atoms with Crippen LogP contribution >= 0.6 is 233 Å². The molecule has 126 heavy (non-hydrogen) atoms. The number of benzene rings is 3. The molecule has 0 amide bonds. The van der Waals surface area contributed by atoms with Gasteiger partial charge >= 0.3 is 23.6 Å². The van der Waals surface area contributed by atoms with E-state index in [0.29, 0.717) is 75.7 Å². The van der Waals surface area contributed by atoms with Crippen molar-refractivity contribution in [1.82, 2.24) is 0 Å². The normalized spacial score (nSPS) is 12.1. The maximum atomic E-state index is 10.2. The van der Waals surface area contributed by atoms with E-state index in [-0.39, 0.29) is 11.1 Å². The number of nitrogens with zero attached hydrogens (tertiary/aromatic N) is 2. The fraction of sp³-hybridized carbons (Fsp3) is 0.747. The first-order valence-corrected chi connectivity index (χ1v) is 99.4. The van der Waals surface area contributed by atoms with E-state index in [1.807, 2.05) is 161 Å². The molecule has 3 rings (SSSR count). The summed E-state index contributed by atoms with van der Waals surface area (Å²) < 4.78 is 17.0. The molecule has 0 spiro atoms. The summed E-state index contributed by atoms with van der Waals surface area (Å²) in [7, 11) is -9.95. The largest absolute Gasteiger partial charge is 0.500 e. The van der Waals surface area contributed by atoms with Crippen molar-refractivity contribution in [3.8, 4) is 12.1 Å². The van der Waals surface area contributed by atoms with Gasteiger partial charge in [0.1, 0.15) is 0 Å². The summed E-state index contributed by atoms with van der Waals surface area (Å²) in [6.45, 7) is 38.4. The molecule has 47 heteroatoms. The lowest BCUT2D eigenvalue weighted by atomic mass is 10.1. The van der Waals surface area contributed by atoms with Crippen LogP contribution in [0.1, 0.15) is 192 Å². The summed E-state index contributed by atoms with van der Waals surface area (Å²) in [5.74, 6) is 0. The minimum atomic E-state index is -3.76. The maximum Gasteiger partial charge on any atom is 0.500 e. The van der Waals surface area contributed by atoms with Gasteiger partial charge < -0.3 is 48.7 Å². The second-order valence-corrected chi connectivity index (χ2v) is 129. The van der Waals surface area contributed by atoms with E-state index in [2.05, 4.69) is 113 Å². The highest BCUT2D eigenvalue weighted by atomic mass is 35.8. The van der Waals surface area contributed by atoms with Crippen LogP contribution in [0.4, 0.5) is 0 Å². The molecular formula is C79H163Cl21N4O8Si14. The van der Waals surface area contributed by atoms with Crippen molar-refractivity contribution < 1.29 is 37.3 Å². The van der Waals surface area contributed by atoms with Gasteiger partial charge in [0.25, 0.3) is 20.1 Å². The van der Waals surface area contributed by atoms with Crippen LogP contribution in [-0.4, -0.2) is 157 Å². The van der Waals surface area contributed by atoms with Crippen LogP contribution in [0.2, 0.25) is 154 Å². The third-order valence-corrected chi connectivity index (χ3v) is 62.9. The Kier molecular flexibility index (Phi) is 99.6. The topological polar surface area (TPSA) is 228 Å². The third kappa shape index (κ3) is 122. The monoisotopic (exact) mass is 2420 g/mol. The van der Waals surface area contributed by atoms with E-state index in [4.69, 9.17) is 282 Å². The second kappa shape index (κ2) is 82.8. The van der Waals surface area contributed by atoms with E-state index in [1.54, 1.807) is 0 Å². The van der Waals surface area contributed by atoms with Crippen LogP contribution in [0.25, 0.3) is 0 Å². The van der Waals surface area contributed by atoms with Crippen LogP contribution < -0.4 is 16.7 Å². The molecule has 0 atom stereocenters. The summed E-state index contributed by atoms with van der Waals surface area (Å²) in [5, 5.41) is 17.4. The van der Waals surface area contributed by atoms with Crippen molar-refractivity contribution >= 4 is 338 Å². The molecule has 0 saturated carbocycles. The smallest absolute Gasteiger partial charge is 0.432 e. The number of halogens is 21. The Balaban J connectivity index is -0.000000145. The molecule has 9 N–H and O–H groups in total. The highest BCUT2D eigenvalue weighted by Gasteiger charge is 2.40. The molecule has 0 radical (unpaired) electrons. The zero-order valence-electron chi connectivity index (χ0n) is 80.4. The standard InChI is InChI=1S/C11H18OSi.C10H14Cl2Si.C9H23NO3Si.C7H8Cl2Si.C7H16Cl2Si.C6H14Cl2Si.C6H16OSi.C5H9Cl2NSi.C4H10Cl4Si2.C4H6Cl3NSi.C4H10Cl2Si.C3H8Cl2Si.C3H11NO3Si/c1-3-13(12,4-2)10-11-8-6-5-7-9-11;1-9-3-5-10(6-4-9)7-8-13(2,11)12;1-4-11-14(12-5-2,13-6-3)9-7-8-10;1-10(8,9)7-5-3-2-4-6-7;1-3-4-5-6-7-10(2,8)9;1-5(2)9(7,8)6(3)4;1-6(2,3)8(4,5)7;1-9(6,7)5-3-2-4-8;1-9(5,6)3-4-10(2,7)8;5-9(6,7)4-2-1-3-8;1-3-7(5,6)4-2;1-3-6(2,4)5;4-2-1-3-8(5,6)7/h5-9,12H,3-4,10H2,1-2H3;3-6H,7-8H2,1-2H3;4-10H2,1-3H3;2-6H,1H3;3-7H2,1-2H3;5-6H,1-4H3;7H,1-5H3;2-3,5H2,1H3;3-4H2,1-2H3;1-2,4H2;3-4H2,1-2H3;3H2,1-2H3;5-7H,1-4H2. The molecule has 3 aromatic carbocycles. The molecule has 0 bridgehead atoms. The molecule has 0 aromatic heterocycles.